The fourth-order valence-electron chi connectivity index (χ4n) is 1.05. The Balaban J connectivity index is 4.41. The van der Waals surface area contributed by atoms with Gasteiger partial charge in [-0.05, 0) is 11.5 Å². The van der Waals surface area contributed by atoms with Gasteiger partial charge in [-0.15, -0.1) is 0 Å². The lowest BCUT2D eigenvalue weighted by atomic mass is 10.1. The van der Waals surface area contributed by atoms with Crippen molar-refractivity contribution in [1.82, 2.24) is 0 Å². The molecule has 0 spiro atoms. The standard InChI is InChI=1S/C7H15F3O3SSi/c1-4-5-6(2,3)15-13-14(11,12)7(8,9)10/h4-5,15H2,1-3H3. The van der Waals surface area contributed by atoms with E-state index in [-0.39, 0.29) is 0 Å². The molecule has 0 aliphatic carbocycles. The Morgan fingerprint density at radius 2 is 1.73 bits per heavy atom. The fraction of sp³-hybridized carbons (Fsp3) is 1.00. The van der Waals surface area contributed by atoms with Gasteiger partial charge in [0, 0.05) is 0 Å². The molecular weight excluding hydrogens is 249 g/mol. The van der Waals surface area contributed by atoms with Crippen molar-refractivity contribution >= 4 is 19.9 Å². The summed E-state index contributed by atoms with van der Waals surface area (Å²) in [6.07, 6.45) is 1.45. The van der Waals surface area contributed by atoms with Gasteiger partial charge in [-0.25, -0.2) is 0 Å². The van der Waals surface area contributed by atoms with E-state index in [4.69, 9.17) is 0 Å². The zero-order valence-electron chi connectivity index (χ0n) is 8.89. The maximum Gasteiger partial charge on any atom is 0.522 e. The van der Waals surface area contributed by atoms with Crippen molar-refractivity contribution in [1.29, 1.82) is 0 Å². The van der Waals surface area contributed by atoms with E-state index in [1.54, 1.807) is 13.8 Å². The molecule has 0 aromatic rings. The summed E-state index contributed by atoms with van der Waals surface area (Å²) in [7, 11) is -7.15. The van der Waals surface area contributed by atoms with Crippen LogP contribution in [0.3, 0.4) is 0 Å². The molecule has 0 saturated heterocycles. The second-order valence-electron chi connectivity index (χ2n) is 4.08. The van der Waals surface area contributed by atoms with Crippen molar-refractivity contribution in [2.24, 2.45) is 0 Å². The Morgan fingerprint density at radius 1 is 1.27 bits per heavy atom. The van der Waals surface area contributed by atoms with Gasteiger partial charge in [0.2, 0.25) is 0 Å². The van der Waals surface area contributed by atoms with E-state index in [0.29, 0.717) is 6.42 Å². The van der Waals surface area contributed by atoms with E-state index < -0.39 is 30.4 Å². The molecule has 0 aromatic heterocycles. The molecule has 8 heteroatoms. The van der Waals surface area contributed by atoms with Gasteiger partial charge in [0.15, 0.2) is 9.76 Å². The van der Waals surface area contributed by atoms with Crippen LogP contribution in [0.2, 0.25) is 5.04 Å². The molecule has 3 nitrogen and oxygen atoms in total. The second-order valence-corrected chi connectivity index (χ2v) is 8.59. The number of hydrogen-bond donors (Lipinski definition) is 0. The summed E-state index contributed by atoms with van der Waals surface area (Å²) >= 11 is 0. The number of halogens is 3. The number of hydrogen-bond acceptors (Lipinski definition) is 3. The van der Waals surface area contributed by atoms with Crippen LogP contribution in [-0.4, -0.2) is 23.7 Å². The molecule has 92 valence electrons. The lowest BCUT2D eigenvalue weighted by Crippen LogP contribution is -2.30. The predicted molar refractivity (Wildman–Crippen MR) is 53.6 cm³/mol. The zero-order chi connectivity index (χ0) is 12.3. The molecular formula is C7H15F3O3SSi. The quantitative estimate of drug-likeness (QED) is 0.563. The maximum atomic E-state index is 11.9. The van der Waals surface area contributed by atoms with Crippen LogP contribution in [0.1, 0.15) is 33.6 Å². The molecule has 0 rings (SSSR count). The summed E-state index contributed by atoms with van der Waals surface area (Å²) in [4.78, 5) is 0. The maximum absolute atomic E-state index is 11.9. The van der Waals surface area contributed by atoms with E-state index in [1.807, 2.05) is 6.92 Å². The smallest absolute Gasteiger partial charge is 0.315 e. The first-order chi connectivity index (χ1) is 6.52. The molecule has 0 aliphatic heterocycles. The highest BCUT2D eigenvalue weighted by atomic mass is 32.2. The lowest BCUT2D eigenvalue weighted by Gasteiger charge is -2.22. The zero-order valence-corrected chi connectivity index (χ0v) is 11.1. The molecule has 0 aliphatic rings. The lowest BCUT2D eigenvalue weighted by molar-refractivity contribution is -0.0500. The van der Waals surface area contributed by atoms with Crippen molar-refractivity contribution in [2.45, 2.75) is 44.2 Å². The van der Waals surface area contributed by atoms with Gasteiger partial charge in [-0.3, -0.25) is 0 Å². The molecule has 0 unspecified atom stereocenters. The molecule has 0 fully saturated rings. The first-order valence-corrected chi connectivity index (χ1v) is 7.17. The van der Waals surface area contributed by atoms with Gasteiger partial charge < -0.3 is 3.87 Å². The molecule has 0 atom stereocenters. The minimum Gasteiger partial charge on any atom is -0.315 e. The summed E-state index contributed by atoms with van der Waals surface area (Å²) in [6.45, 7) is 5.32. The van der Waals surface area contributed by atoms with Gasteiger partial charge >= 0.3 is 15.6 Å². The van der Waals surface area contributed by atoms with Crippen LogP contribution >= 0.6 is 0 Å². The van der Waals surface area contributed by atoms with Crippen molar-refractivity contribution < 1.29 is 25.5 Å². The SMILES string of the molecule is CCCC(C)(C)[SiH2]OS(=O)(=O)C(F)(F)F. The molecule has 0 aromatic carbocycles. The summed E-state index contributed by atoms with van der Waals surface area (Å²) in [5.74, 6) is 0. The second kappa shape index (κ2) is 4.83. The monoisotopic (exact) mass is 264 g/mol. The van der Waals surface area contributed by atoms with E-state index in [9.17, 15) is 21.6 Å². The van der Waals surface area contributed by atoms with Gasteiger partial charge in [0.05, 0.1) is 0 Å². The van der Waals surface area contributed by atoms with E-state index in [2.05, 4.69) is 3.87 Å². The fourth-order valence-corrected chi connectivity index (χ4v) is 3.98. The summed E-state index contributed by atoms with van der Waals surface area (Å²) in [5.41, 5.74) is -5.30. The average molecular weight is 264 g/mol. The molecule has 0 N–H and O–H groups in total. The highest BCUT2D eigenvalue weighted by Gasteiger charge is 2.47. The summed E-state index contributed by atoms with van der Waals surface area (Å²) in [5, 5.41) is -0.437. The van der Waals surface area contributed by atoms with E-state index in [0.717, 1.165) is 6.42 Å². The Hall–Kier alpha value is -0.0831. The van der Waals surface area contributed by atoms with Crippen LogP contribution < -0.4 is 0 Å². The van der Waals surface area contributed by atoms with Crippen molar-refractivity contribution in [3.63, 3.8) is 0 Å². The summed E-state index contributed by atoms with van der Waals surface area (Å²) < 4.78 is 61.0. The largest absolute Gasteiger partial charge is 0.522 e. The van der Waals surface area contributed by atoms with Crippen LogP contribution in [0.15, 0.2) is 0 Å². The van der Waals surface area contributed by atoms with Crippen molar-refractivity contribution in [2.75, 3.05) is 0 Å². The van der Waals surface area contributed by atoms with Crippen LogP contribution in [0.4, 0.5) is 13.2 Å². The molecule has 0 radical (unpaired) electrons. The Morgan fingerprint density at radius 3 is 2.07 bits per heavy atom. The molecule has 0 bridgehead atoms. The van der Waals surface area contributed by atoms with Crippen LogP contribution in [0.5, 0.6) is 0 Å². The van der Waals surface area contributed by atoms with Gasteiger partial charge in [0.1, 0.15) is 0 Å². The van der Waals surface area contributed by atoms with E-state index in [1.165, 1.54) is 0 Å². The Labute approximate surface area is 90.1 Å². The third kappa shape index (κ3) is 4.98. The topological polar surface area (TPSA) is 43.4 Å². The predicted octanol–water partition coefficient (Wildman–Crippen LogP) is 1.94. The van der Waals surface area contributed by atoms with Gasteiger partial charge in [0.25, 0.3) is 0 Å². The Bertz CT molecular complexity index is 297. The Kier molecular flexibility index (Phi) is 4.81. The highest BCUT2D eigenvalue weighted by molar-refractivity contribution is 7.88. The molecule has 15 heavy (non-hydrogen) atoms. The van der Waals surface area contributed by atoms with Gasteiger partial charge in [-0.2, -0.15) is 21.6 Å². The minimum absolute atomic E-state index is 0.437. The molecule has 0 saturated carbocycles. The minimum atomic E-state index is -5.39. The third-order valence-corrected chi connectivity index (χ3v) is 5.23. The van der Waals surface area contributed by atoms with Crippen molar-refractivity contribution in [3.8, 4) is 0 Å². The van der Waals surface area contributed by atoms with Crippen molar-refractivity contribution in [3.05, 3.63) is 0 Å². The number of rotatable bonds is 5. The first kappa shape index (κ1) is 14.9. The summed E-state index contributed by atoms with van der Waals surface area (Å²) in [6, 6.07) is 0. The normalized spacial score (nSPS) is 15.1. The molecule has 0 heterocycles. The van der Waals surface area contributed by atoms with Crippen LogP contribution in [-0.2, 0) is 14.0 Å². The van der Waals surface area contributed by atoms with Gasteiger partial charge in [-0.1, -0.05) is 27.2 Å². The number of alkyl halides is 3. The van der Waals surface area contributed by atoms with E-state index >= 15 is 0 Å². The average Bonchev–Trinajstić information content (AvgIpc) is 1.99. The highest BCUT2D eigenvalue weighted by Crippen LogP contribution is 2.32. The van der Waals surface area contributed by atoms with Crippen LogP contribution in [0.25, 0.3) is 0 Å². The van der Waals surface area contributed by atoms with Crippen LogP contribution in [0, 0.1) is 0 Å². The molecule has 0 amide bonds. The third-order valence-electron chi connectivity index (χ3n) is 1.82. The first-order valence-electron chi connectivity index (χ1n) is 4.47.